The quantitative estimate of drug-likeness (QED) is 0.748. The first-order chi connectivity index (χ1) is 14.6. The zero-order valence-electron chi connectivity index (χ0n) is 18.0. The highest BCUT2D eigenvalue weighted by Gasteiger charge is 2.25. The Morgan fingerprint density at radius 2 is 1.63 bits per heavy atom. The molecule has 2 aliphatic rings. The molecule has 0 bridgehead atoms. The highest BCUT2D eigenvalue weighted by Crippen LogP contribution is 2.28. The summed E-state index contributed by atoms with van der Waals surface area (Å²) in [6.07, 6.45) is 2.09. The van der Waals surface area contributed by atoms with Crippen LogP contribution in [0.5, 0.6) is 5.75 Å². The van der Waals surface area contributed by atoms with E-state index in [1.54, 1.807) is 0 Å². The molecule has 5 heteroatoms. The molecule has 2 aromatic rings. The summed E-state index contributed by atoms with van der Waals surface area (Å²) in [7, 11) is 0. The Balaban J connectivity index is 1.47. The van der Waals surface area contributed by atoms with Crippen LogP contribution in [-0.4, -0.2) is 67.2 Å². The number of amides is 1. The smallest absolute Gasteiger partial charge is 0.254 e. The van der Waals surface area contributed by atoms with Gasteiger partial charge in [-0.05, 0) is 43.2 Å². The van der Waals surface area contributed by atoms with Crippen LogP contribution in [0.1, 0.15) is 37.0 Å². The summed E-state index contributed by atoms with van der Waals surface area (Å²) in [4.78, 5) is 17.7. The Kier molecular flexibility index (Phi) is 6.70. The van der Waals surface area contributed by atoms with Crippen molar-refractivity contribution in [2.24, 2.45) is 0 Å². The second-order valence-corrected chi connectivity index (χ2v) is 8.42. The lowest BCUT2D eigenvalue weighted by molar-refractivity contribution is 0.0256. The summed E-state index contributed by atoms with van der Waals surface area (Å²) >= 11 is 0. The minimum absolute atomic E-state index is 0.122. The lowest BCUT2D eigenvalue weighted by Crippen LogP contribution is -2.50. The molecule has 2 aliphatic heterocycles. The maximum atomic E-state index is 13.3. The highest BCUT2D eigenvalue weighted by atomic mass is 16.5. The molecule has 0 saturated carbocycles. The number of carbonyl (C=O) groups excluding carboxylic acids is 1. The van der Waals surface area contributed by atoms with Crippen LogP contribution in [0.2, 0.25) is 0 Å². The lowest BCUT2D eigenvalue weighted by atomic mass is 9.98. The fourth-order valence-corrected chi connectivity index (χ4v) is 4.23. The van der Waals surface area contributed by atoms with Crippen molar-refractivity contribution >= 4 is 5.91 Å². The van der Waals surface area contributed by atoms with Crippen molar-refractivity contribution in [3.05, 3.63) is 54.1 Å². The maximum absolute atomic E-state index is 13.3. The van der Waals surface area contributed by atoms with Crippen molar-refractivity contribution in [1.29, 1.82) is 0 Å². The molecule has 1 amide bonds. The minimum atomic E-state index is 0.122. The molecule has 30 heavy (non-hydrogen) atoms. The zero-order valence-corrected chi connectivity index (χ0v) is 18.0. The Morgan fingerprint density at radius 3 is 2.30 bits per heavy atom. The molecule has 160 valence electrons. The normalized spacial score (nSPS) is 18.6. The predicted octanol–water partition coefficient (Wildman–Crippen LogP) is 4.08. The van der Waals surface area contributed by atoms with Gasteiger partial charge in [-0.25, -0.2) is 0 Å². The van der Waals surface area contributed by atoms with Gasteiger partial charge < -0.3 is 14.4 Å². The summed E-state index contributed by atoms with van der Waals surface area (Å²) in [6.45, 7) is 9.39. The SMILES string of the molecule is CC(C)N1CCN(C(=O)c2ccccc2-c2ccc(OC3CCOCC3)cc2)CC1. The molecule has 2 saturated heterocycles. The summed E-state index contributed by atoms with van der Waals surface area (Å²) in [5.74, 6) is 0.996. The van der Waals surface area contributed by atoms with Gasteiger partial charge in [0.15, 0.2) is 0 Å². The molecule has 0 radical (unpaired) electrons. The van der Waals surface area contributed by atoms with E-state index >= 15 is 0 Å². The van der Waals surface area contributed by atoms with E-state index in [9.17, 15) is 4.79 Å². The number of piperazine rings is 1. The fraction of sp³-hybridized carbons (Fsp3) is 0.480. The lowest BCUT2D eigenvalue weighted by Gasteiger charge is -2.37. The number of hydrogen-bond donors (Lipinski definition) is 0. The van der Waals surface area contributed by atoms with Gasteiger partial charge in [0.2, 0.25) is 0 Å². The highest BCUT2D eigenvalue weighted by molar-refractivity contribution is 6.01. The Hall–Kier alpha value is -2.37. The molecule has 4 rings (SSSR count). The topological polar surface area (TPSA) is 42.0 Å². The van der Waals surface area contributed by atoms with Gasteiger partial charge in [-0.1, -0.05) is 30.3 Å². The van der Waals surface area contributed by atoms with Crippen molar-refractivity contribution < 1.29 is 14.3 Å². The van der Waals surface area contributed by atoms with Gasteiger partial charge in [0, 0.05) is 50.6 Å². The molecule has 2 fully saturated rings. The van der Waals surface area contributed by atoms with Crippen LogP contribution < -0.4 is 4.74 Å². The fourth-order valence-electron chi connectivity index (χ4n) is 4.23. The van der Waals surface area contributed by atoms with Crippen molar-refractivity contribution in [2.75, 3.05) is 39.4 Å². The van der Waals surface area contributed by atoms with Crippen LogP contribution in [0.4, 0.5) is 0 Å². The van der Waals surface area contributed by atoms with Gasteiger partial charge in [0.1, 0.15) is 11.9 Å². The molecule has 0 unspecified atom stereocenters. The summed E-state index contributed by atoms with van der Waals surface area (Å²) in [5.41, 5.74) is 2.79. The molecular formula is C25H32N2O3. The molecule has 0 aliphatic carbocycles. The molecule has 2 heterocycles. The predicted molar refractivity (Wildman–Crippen MR) is 119 cm³/mol. The standard InChI is InChI=1S/C25H32N2O3/c1-19(2)26-13-15-27(16-14-26)25(28)24-6-4-3-5-23(24)20-7-9-21(10-8-20)30-22-11-17-29-18-12-22/h3-10,19,22H,11-18H2,1-2H3. The first kappa shape index (κ1) is 20.9. The maximum Gasteiger partial charge on any atom is 0.254 e. The van der Waals surface area contributed by atoms with Gasteiger partial charge in [-0.2, -0.15) is 0 Å². The molecule has 0 aromatic heterocycles. The van der Waals surface area contributed by atoms with Crippen molar-refractivity contribution in [2.45, 2.75) is 38.8 Å². The van der Waals surface area contributed by atoms with Crippen molar-refractivity contribution in [1.82, 2.24) is 9.80 Å². The number of hydrogen-bond acceptors (Lipinski definition) is 4. The van der Waals surface area contributed by atoms with Crippen LogP contribution in [0.25, 0.3) is 11.1 Å². The summed E-state index contributed by atoms with van der Waals surface area (Å²) in [5, 5.41) is 0. The first-order valence-electron chi connectivity index (χ1n) is 11.1. The van der Waals surface area contributed by atoms with Crippen molar-refractivity contribution in [3.8, 4) is 16.9 Å². The molecule has 0 spiro atoms. The van der Waals surface area contributed by atoms with Crippen LogP contribution in [-0.2, 0) is 4.74 Å². The van der Waals surface area contributed by atoms with Crippen LogP contribution in [0, 0.1) is 0 Å². The number of nitrogens with zero attached hydrogens (tertiary/aromatic N) is 2. The van der Waals surface area contributed by atoms with E-state index in [4.69, 9.17) is 9.47 Å². The van der Waals surface area contributed by atoms with E-state index in [-0.39, 0.29) is 12.0 Å². The number of benzene rings is 2. The summed E-state index contributed by atoms with van der Waals surface area (Å²) in [6, 6.07) is 16.6. The van der Waals surface area contributed by atoms with Gasteiger partial charge in [-0.15, -0.1) is 0 Å². The number of rotatable bonds is 5. The van der Waals surface area contributed by atoms with Gasteiger partial charge in [0.05, 0.1) is 13.2 Å². The summed E-state index contributed by atoms with van der Waals surface area (Å²) < 4.78 is 11.5. The van der Waals surface area contributed by atoms with Gasteiger partial charge in [0.25, 0.3) is 5.91 Å². The third-order valence-electron chi connectivity index (χ3n) is 6.13. The third kappa shape index (κ3) is 4.85. The van der Waals surface area contributed by atoms with Crippen LogP contribution >= 0.6 is 0 Å². The molecule has 2 aromatic carbocycles. The van der Waals surface area contributed by atoms with E-state index in [1.165, 1.54) is 0 Å². The minimum Gasteiger partial charge on any atom is -0.490 e. The number of carbonyl (C=O) groups is 1. The van der Waals surface area contributed by atoms with Crippen LogP contribution in [0.3, 0.4) is 0 Å². The van der Waals surface area contributed by atoms with E-state index < -0.39 is 0 Å². The molecule has 0 atom stereocenters. The first-order valence-corrected chi connectivity index (χ1v) is 11.1. The molecule has 0 N–H and O–H groups in total. The van der Waals surface area contributed by atoms with Crippen LogP contribution in [0.15, 0.2) is 48.5 Å². The van der Waals surface area contributed by atoms with Gasteiger partial charge >= 0.3 is 0 Å². The average molecular weight is 409 g/mol. The zero-order chi connectivity index (χ0) is 20.9. The van der Waals surface area contributed by atoms with E-state index in [1.807, 2.05) is 41.3 Å². The Morgan fingerprint density at radius 1 is 0.967 bits per heavy atom. The third-order valence-corrected chi connectivity index (χ3v) is 6.13. The second kappa shape index (κ2) is 9.63. The van der Waals surface area contributed by atoms with E-state index in [0.29, 0.717) is 6.04 Å². The van der Waals surface area contributed by atoms with Gasteiger partial charge in [-0.3, -0.25) is 9.69 Å². The second-order valence-electron chi connectivity index (χ2n) is 8.42. The monoisotopic (exact) mass is 408 g/mol. The van der Waals surface area contributed by atoms with E-state index in [2.05, 4.69) is 30.9 Å². The van der Waals surface area contributed by atoms with Crippen molar-refractivity contribution in [3.63, 3.8) is 0 Å². The Bertz CT molecular complexity index is 836. The number of ether oxygens (including phenoxy) is 2. The molecular weight excluding hydrogens is 376 g/mol. The largest absolute Gasteiger partial charge is 0.490 e. The molecule has 5 nitrogen and oxygen atoms in total. The Labute approximate surface area is 179 Å². The average Bonchev–Trinajstić information content (AvgIpc) is 2.80. The van der Waals surface area contributed by atoms with E-state index in [0.717, 1.165) is 74.7 Å².